The SMILES string of the molecule is CC(C)(C)c1cc2ccc3cc(-c4cccc5cc6c(cc45)C4(c5ccccc5-c5ccccc54)c4cc(-c5ccc7ccc8c(C(C)(C)C)ccc9ccc5c7c98)ccc4-6)cc4ccc(c1)c2c34. The van der Waals surface area contributed by atoms with Crippen molar-refractivity contribution < 1.29 is 0 Å². The van der Waals surface area contributed by atoms with Gasteiger partial charge in [-0.2, -0.15) is 0 Å². The average molecular weight is 879 g/mol. The Labute approximate surface area is 403 Å². The highest BCUT2D eigenvalue weighted by atomic mass is 14.5. The lowest BCUT2D eigenvalue weighted by molar-refractivity contribution is 0.591. The maximum atomic E-state index is 2.58. The van der Waals surface area contributed by atoms with Crippen molar-refractivity contribution in [3.63, 3.8) is 0 Å². The lowest BCUT2D eigenvalue weighted by Gasteiger charge is -2.31. The lowest BCUT2D eigenvalue weighted by Crippen LogP contribution is -2.26. The Hall–Kier alpha value is -7.80. The van der Waals surface area contributed by atoms with Crippen molar-refractivity contribution in [1.29, 1.82) is 0 Å². The summed E-state index contributed by atoms with van der Waals surface area (Å²) in [4.78, 5) is 0. The zero-order valence-corrected chi connectivity index (χ0v) is 40.0. The summed E-state index contributed by atoms with van der Waals surface area (Å²) in [6, 6.07) is 75.8. The van der Waals surface area contributed by atoms with Crippen LogP contribution in [0.3, 0.4) is 0 Å². The van der Waals surface area contributed by atoms with Crippen molar-refractivity contribution in [3.8, 4) is 44.5 Å². The summed E-state index contributed by atoms with van der Waals surface area (Å²) in [5, 5.41) is 18.5. The molecule has 0 heteroatoms. The Morgan fingerprint density at radius 3 is 1.43 bits per heavy atom. The molecule has 0 atom stereocenters. The molecule has 13 aromatic rings. The first-order valence-electron chi connectivity index (χ1n) is 24.8. The molecular weight excluding hydrogens is 829 g/mol. The van der Waals surface area contributed by atoms with Gasteiger partial charge in [0.05, 0.1) is 5.41 Å². The summed E-state index contributed by atoms with van der Waals surface area (Å²) in [5.74, 6) is 0. The first-order valence-corrected chi connectivity index (χ1v) is 24.8. The van der Waals surface area contributed by atoms with Crippen LogP contribution in [0, 0.1) is 0 Å². The fraction of sp³-hybridized carbons (Fsp3) is 0.130. The van der Waals surface area contributed by atoms with E-state index in [9.17, 15) is 0 Å². The van der Waals surface area contributed by atoms with Gasteiger partial charge in [-0.15, -0.1) is 0 Å². The van der Waals surface area contributed by atoms with Crippen molar-refractivity contribution in [2.24, 2.45) is 0 Å². The molecule has 69 heavy (non-hydrogen) atoms. The van der Waals surface area contributed by atoms with Gasteiger partial charge in [0, 0.05) is 0 Å². The fourth-order valence-corrected chi connectivity index (χ4v) is 13.5. The number of hydrogen-bond acceptors (Lipinski definition) is 0. The number of fused-ring (bicyclic) bond motifs is 11. The number of hydrogen-bond donors (Lipinski definition) is 0. The van der Waals surface area contributed by atoms with E-state index in [0.717, 1.165) is 0 Å². The Balaban J connectivity index is 0.970. The highest BCUT2D eigenvalue weighted by Crippen LogP contribution is 2.64. The normalized spacial score (nSPS) is 14.1. The van der Waals surface area contributed by atoms with Gasteiger partial charge in [0.1, 0.15) is 0 Å². The van der Waals surface area contributed by atoms with E-state index in [-0.39, 0.29) is 10.8 Å². The number of benzene rings is 13. The quantitative estimate of drug-likeness (QED) is 0.152. The van der Waals surface area contributed by atoms with Crippen LogP contribution in [-0.4, -0.2) is 0 Å². The molecule has 0 fully saturated rings. The summed E-state index contributed by atoms with van der Waals surface area (Å²) >= 11 is 0. The second-order valence-corrected chi connectivity index (χ2v) is 22.4. The van der Waals surface area contributed by atoms with Gasteiger partial charge in [0.2, 0.25) is 0 Å². The molecule has 0 saturated carbocycles. The lowest BCUT2D eigenvalue weighted by atomic mass is 9.70. The van der Waals surface area contributed by atoms with Crippen LogP contribution in [0.2, 0.25) is 0 Å². The highest BCUT2D eigenvalue weighted by Gasteiger charge is 2.52. The molecule has 0 saturated heterocycles. The summed E-state index contributed by atoms with van der Waals surface area (Å²) in [7, 11) is 0. The van der Waals surface area contributed by atoms with Gasteiger partial charge in [-0.3, -0.25) is 0 Å². The number of rotatable bonds is 2. The predicted octanol–water partition coefficient (Wildman–Crippen LogP) is 18.9. The van der Waals surface area contributed by atoms with Crippen molar-refractivity contribution in [1.82, 2.24) is 0 Å². The Morgan fingerprint density at radius 1 is 0.275 bits per heavy atom. The van der Waals surface area contributed by atoms with Gasteiger partial charge in [0.15, 0.2) is 0 Å². The molecule has 15 rings (SSSR count). The molecule has 1 spiro atoms. The summed E-state index contributed by atoms with van der Waals surface area (Å²) in [6.07, 6.45) is 0. The molecule has 13 aromatic carbocycles. The van der Waals surface area contributed by atoms with E-state index in [4.69, 9.17) is 0 Å². The van der Waals surface area contributed by atoms with Gasteiger partial charge < -0.3 is 0 Å². The minimum Gasteiger partial charge on any atom is -0.0619 e. The average Bonchev–Trinajstić information content (AvgIpc) is 3.81. The van der Waals surface area contributed by atoms with Crippen molar-refractivity contribution in [3.05, 3.63) is 228 Å². The predicted molar refractivity (Wildman–Crippen MR) is 296 cm³/mol. The molecule has 0 N–H and O–H groups in total. The van der Waals surface area contributed by atoms with Gasteiger partial charge in [0.25, 0.3) is 0 Å². The third kappa shape index (κ3) is 5.14. The van der Waals surface area contributed by atoms with E-state index in [2.05, 4.69) is 236 Å². The maximum absolute atomic E-state index is 2.58. The maximum Gasteiger partial charge on any atom is 0.0725 e. The summed E-state index contributed by atoms with van der Waals surface area (Å²) in [5.41, 5.74) is 18.2. The first-order chi connectivity index (χ1) is 33.4. The largest absolute Gasteiger partial charge is 0.0725 e. The minimum atomic E-state index is -0.500. The van der Waals surface area contributed by atoms with E-state index in [1.807, 2.05) is 0 Å². The Morgan fingerprint density at radius 2 is 0.783 bits per heavy atom. The third-order valence-corrected chi connectivity index (χ3v) is 16.6. The molecule has 2 aliphatic rings. The summed E-state index contributed by atoms with van der Waals surface area (Å²) in [6.45, 7) is 13.9. The standard InChI is InChI=1S/C69H50/c1-67(2,3)48-34-45-20-18-43-32-47(33-44-19-21-46(35-48)64(45)63(43)44)49-15-11-12-41-36-57-53-28-25-42(50-27-22-39-24-30-55-58(68(4,5)6)31-26-40-23-29-54(50)65(39)66(40)55)37-61(53)69(62(57)38-56(41)49)59-16-9-7-13-51(59)52-14-8-10-17-60(52)69/h7-38H,1-6H3. The molecule has 0 radical (unpaired) electrons. The van der Waals surface area contributed by atoms with Crippen LogP contribution in [0.15, 0.2) is 194 Å². The van der Waals surface area contributed by atoms with E-state index < -0.39 is 5.41 Å². The third-order valence-electron chi connectivity index (χ3n) is 16.6. The van der Waals surface area contributed by atoms with E-state index in [0.29, 0.717) is 0 Å². The molecule has 0 heterocycles. The Bertz CT molecular complexity index is 4260. The van der Waals surface area contributed by atoms with Gasteiger partial charge in [-0.1, -0.05) is 205 Å². The van der Waals surface area contributed by atoms with E-state index in [1.165, 1.54) is 153 Å². The minimum absolute atomic E-state index is 0.0352. The van der Waals surface area contributed by atoms with Crippen LogP contribution < -0.4 is 0 Å². The fourth-order valence-electron chi connectivity index (χ4n) is 13.5. The van der Waals surface area contributed by atoms with Crippen molar-refractivity contribution >= 4 is 75.4 Å². The molecule has 0 bridgehead atoms. The topological polar surface area (TPSA) is 0 Å². The zero-order chi connectivity index (χ0) is 46.3. The molecule has 326 valence electrons. The molecule has 2 aliphatic carbocycles. The molecular formula is C69H50. The van der Waals surface area contributed by atoms with Gasteiger partial charge in [-0.05, 0) is 194 Å². The second kappa shape index (κ2) is 13.2. The first kappa shape index (κ1) is 39.2. The van der Waals surface area contributed by atoms with Crippen LogP contribution in [0.25, 0.3) is 120 Å². The van der Waals surface area contributed by atoms with Crippen LogP contribution in [0.4, 0.5) is 0 Å². The monoisotopic (exact) mass is 878 g/mol. The van der Waals surface area contributed by atoms with Crippen molar-refractivity contribution in [2.45, 2.75) is 57.8 Å². The van der Waals surface area contributed by atoms with Crippen LogP contribution >= 0.6 is 0 Å². The van der Waals surface area contributed by atoms with Gasteiger partial charge >= 0.3 is 0 Å². The van der Waals surface area contributed by atoms with Crippen molar-refractivity contribution in [2.75, 3.05) is 0 Å². The van der Waals surface area contributed by atoms with Crippen LogP contribution in [-0.2, 0) is 16.2 Å². The molecule has 0 amide bonds. The molecule has 0 nitrogen and oxygen atoms in total. The summed E-state index contributed by atoms with van der Waals surface area (Å²) < 4.78 is 0. The van der Waals surface area contributed by atoms with Crippen LogP contribution in [0.5, 0.6) is 0 Å². The van der Waals surface area contributed by atoms with E-state index in [1.54, 1.807) is 0 Å². The molecule has 0 unspecified atom stereocenters. The van der Waals surface area contributed by atoms with Crippen LogP contribution in [0.1, 0.15) is 74.9 Å². The molecule has 0 aromatic heterocycles. The highest BCUT2D eigenvalue weighted by molar-refractivity contribution is 6.27. The molecule has 0 aliphatic heterocycles. The van der Waals surface area contributed by atoms with Gasteiger partial charge in [-0.25, -0.2) is 0 Å². The smallest absolute Gasteiger partial charge is 0.0619 e. The Kier molecular flexibility index (Phi) is 7.53. The van der Waals surface area contributed by atoms with E-state index >= 15 is 0 Å². The second-order valence-electron chi connectivity index (χ2n) is 22.4. The zero-order valence-electron chi connectivity index (χ0n) is 40.0.